The molecule has 0 spiro atoms. The van der Waals surface area contributed by atoms with Gasteiger partial charge in [0.1, 0.15) is 16.9 Å². The molecule has 1 atom stereocenters. The highest BCUT2D eigenvalue weighted by atomic mass is 79.9. The first kappa shape index (κ1) is 12.8. The lowest BCUT2D eigenvalue weighted by Gasteiger charge is -2.09. The van der Waals surface area contributed by atoms with E-state index in [4.69, 9.17) is 32.4 Å². The van der Waals surface area contributed by atoms with E-state index in [1.807, 2.05) is 12.1 Å². The van der Waals surface area contributed by atoms with Crippen LogP contribution < -0.4 is 4.74 Å². The van der Waals surface area contributed by atoms with Gasteiger partial charge >= 0.3 is 0 Å². The second kappa shape index (κ2) is 5.34. The minimum Gasteiger partial charge on any atom is -0.495 e. The van der Waals surface area contributed by atoms with Crippen molar-refractivity contribution in [2.24, 2.45) is 0 Å². The summed E-state index contributed by atoms with van der Waals surface area (Å²) < 4.78 is 11.1. The van der Waals surface area contributed by atoms with Crippen LogP contribution in [0.5, 0.6) is 5.75 Å². The van der Waals surface area contributed by atoms with Crippen LogP contribution in [0.15, 0.2) is 39.4 Å². The van der Waals surface area contributed by atoms with Gasteiger partial charge in [-0.1, -0.05) is 17.7 Å². The second-order valence-corrected chi connectivity index (χ2v) is 5.02. The summed E-state index contributed by atoms with van der Waals surface area (Å²) in [6, 6.07) is 9.04. The molecular weight excluding hydrogens is 327 g/mol. The van der Waals surface area contributed by atoms with E-state index >= 15 is 0 Å². The number of methoxy groups -OCH3 is 1. The summed E-state index contributed by atoms with van der Waals surface area (Å²) in [5.74, 6) is 1.29. The number of alkyl halides is 1. The highest BCUT2D eigenvalue weighted by Gasteiger charge is 2.16. The van der Waals surface area contributed by atoms with Crippen molar-refractivity contribution in [3.05, 3.63) is 51.3 Å². The van der Waals surface area contributed by atoms with Gasteiger partial charge in [-0.25, -0.2) is 0 Å². The van der Waals surface area contributed by atoms with Gasteiger partial charge in [-0.05, 0) is 45.8 Å². The molecule has 0 amide bonds. The Morgan fingerprint density at radius 3 is 2.59 bits per heavy atom. The first-order chi connectivity index (χ1) is 8.11. The van der Waals surface area contributed by atoms with Gasteiger partial charge in [0.15, 0.2) is 4.67 Å². The van der Waals surface area contributed by atoms with E-state index in [1.54, 1.807) is 25.3 Å². The predicted octanol–water partition coefficient (Wildman–Crippen LogP) is 5.03. The molecule has 1 unspecified atom stereocenters. The van der Waals surface area contributed by atoms with Gasteiger partial charge in [0, 0.05) is 0 Å². The Kier molecular flexibility index (Phi) is 4.02. The summed E-state index contributed by atoms with van der Waals surface area (Å²) in [7, 11) is 1.57. The second-order valence-electron chi connectivity index (χ2n) is 3.40. The van der Waals surface area contributed by atoms with Crippen LogP contribution in [0.25, 0.3) is 0 Å². The Balaban J connectivity index is 2.31. The molecule has 0 aliphatic carbocycles. The third-order valence-electron chi connectivity index (χ3n) is 2.31. The van der Waals surface area contributed by atoms with Crippen LogP contribution in [0.1, 0.15) is 16.7 Å². The molecule has 2 aromatic rings. The van der Waals surface area contributed by atoms with Crippen LogP contribution in [0.4, 0.5) is 0 Å². The van der Waals surface area contributed by atoms with E-state index in [0.29, 0.717) is 21.2 Å². The number of hydrogen-bond acceptors (Lipinski definition) is 2. The Bertz CT molecular complexity index is 525. The third-order valence-corrected chi connectivity index (χ3v) is 3.50. The topological polar surface area (TPSA) is 22.4 Å². The predicted molar refractivity (Wildman–Crippen MR) is 72.1 cm³/mol. The quantitative estimate of drug-likeness (QED) is 0.734. The zero-order valence-corrected chi connectivity index (χ0v) is 12.0. The molecule has 0 fully saturated rings. The van der Waals surface area contributed by atoms with E-state index in [2.05, 4.69) is 15.9 Å². The fraction of sp³-hybridized carbons (Fsp3) is 0.167. The van der Waals surface area contributed by atoms with Gasteiger partial charge in [-0.15, -0.1) is 11.6 Å². The Labute approximate surface area is 118 Å². The Morgan fingerprint density at radius 2 is 2.06 bits per heavy atom. The zero-order valence-electron chi connectivity index (χ0n) is 8.91. The average Bonchev–Trinajstić information content (AvgIpc) is 2.75. The molecule has 17 heavy (non-hydrogen) atoms. The van der Waals surface area contributed by atoms with Gasteiger partial charge in [0.25, 0.3) is 0 Å². The van der Waals surface area contributed by atoms with Crippen LogP contribution in [0.3, 0.4) is 0 Å². The molecule has 0 aliphatic rings. The Morgan fingerprint density at radius 1 is 1.29 bits per heavy atom. The molecule has 0 N–H and O–H groups in total. The first-order valence-electron chi connectivity index (χ1n) is 4.84. The van der Waals surface area contributed by atoms with Crippen LogP contribution in [-0.2, 0) is 0 Å². The van der Waals surface area contributed by atoms with Crippen LogP contribution in [-0.4, -0.2) is 7.11 Å². The first-order valence-corrected chi connectivity index (χ1v) is 6.45. The van der Waals surface area contributed by atoms with Gasteiger partial charge in [0.2, 0.25) is 0 Å². The lowest BCUT2D eigenvalue weighted by atomic mass is 10.1. The largest absolute Gasteiger partial charge is 0.495 e. The van der Waals surface area contributed by atoms with Crippen molar-refractivity contribution in [3.8, 4) is 5.75 Å². The molecule has 90 valence electrons. The number of hydrogen-bond donors (Lipinski definition) is 0. The van der Waals surface area contributed by atoms with Crippen LogP contribution >= 0.6 is 39.1 Å². The van der Waals surface area contributed by atoms with Crippen molar-refractivity contribution in [2.75, 3.05) is 7.11 Å². The number of furan rings is 1. The van der Waals surface area contributed by atoms with Gasteiger partial charge in [0.05, 0.1) is 12.1 Å². The Hall–Kier alpha value is -0.640. The van der Waals surface area contributed by atoms with Gasteiger partial charge < -0.3 is 9.15 Å². The van der Waals surface area contributed by atoms with Crippen molar-refractivity contribution >= 4 is 39.1 Å². The molecule has 1 heterocycles. The van der Waals surface area contributed by atoms with Crippen molar-refractivity contribution in [1.82, 2.24) is 0 Å². The molecule has 0 bridgehead atoms. The van der Waals surface area contributed by atoms with Crippen LogP contribution in [0, 0.1) is 0 Å². The lowest BCUT2D eigenvalue weighted by molar-refractivity contribution is 0.415. The van der Waals surface area contributed by atoms with Crippen molar-refractivity contribution in [3.63, 3.8) is 0 Å². The van der Waals surface area contributed by atoms with E-state index in [9.17, 15) is 0 Å². The van der Waals surface area contributed by atoms with E-state index < -0.39 is 0 Å². The molecule has 1 aromatic carbocycles. The molecule has 0 radical (unpaired) electrons. The minimum atomic E-state index is -0.371. The van der Waals surface area contributed by atoms with Gasteiger partial charge in [-0.2, -0.15) is 0 Å². The van der Waals surface area contributed by atoms with Crippen molar-refractivity contribution in [1.29, 1.82) is 0 Å². The highest BCUT2D eigenvalue weighted by molar-refractivity contribution is 9.10. The molecular formula is C12H9BrCl2O2. The maximum atomic E-state index is 6.30. The minimum absolute atomic E-state index is 0.371. The maximum absolute atomic E-state index is 6.30. The fourth-order valence-electron chi connectivity index (χ4n) is 1.47. The zero-order chi connectivity index (χ0) is 12.4. The number of rotatable bonds is 3. The van der Waals surface area contributed by atoms with Crippen molar-refractivity contribution < 1.29 is 9.15 Å². The van der Waals surface area contributed by atoms with E-state index in [-0.39, 0.29) is 5.38 Å². The van der Waals surface area contributed by atoms with Crippen LogP contribution in [0.2, 0.25) is 5.02 Å². The summed E-state index contributed by atoms with van der Waals surface area (Å²) in [5.41, 5.74) is 0.860. The normalized spacial score (nSPS) is 12.5. The van der Waals surface area contributed by atoms with E-state index in [0.717, 1.165) is 5.56 Å². The lowest BCUT2D eigenvalue weighted by Crippen LogP contribution is -1.92. The van der Waals surface area contributed by atoms with E-state index in [1.165, 1.54) is 0 Å². The number of halogens is 3. The fourth-order valence-corrected chi connectivity index (χ4v) is 2.31. The molecule has 2 rings (SSSR count). The number of benzene rings is 1. The number of ether oxygens (including phenoxy) is 1. The summed E-state index contributed by atoms with van der Waals surface area (Å²) in [5, 5.41) is 0.158. The molecule has 0 saturated carbocycles. The SMILES string of the molecule is COc1ccc(C(Cl)c2ccc(Br)o2)cc1Cl. The third kappa shape index (κ3) is 2.79. The molecule has 0 saturated heterocycles. The molecule has 1 aromatic heterocycles. The summed E-state index contributed by atoms with van der Waals surface area (Å²) >= 11 is 15.6. The standard InChI is InChI=1S/C12H9BrCl2O2/c1-16-9-3-2-7(6-8(9)14)12(15)10-4-5-11(13)17-10/h2-6,12H,1H3. The summed E-state index contributed by atoms with van der Waals surface area (Å²) in [6.07, 6.45) is 0. The van der Waals surface area contributed by atoms with Crippen molar-refractivity contribution in [2.45, 2.75) is 5.38 Å². The molecule has 0 aliphatic heterocycles. The summed E-state index contributed by atoms with van der Waals surface area (Å²) in [6.45, 7) is 0. The van der Waals surface area contributed by atoms with Gasteiger partial charge in [-0.3, -0.25) is 0 Å². The maximum Gasteiger partial charge on any atom is 0.169 e. The average molecular weight is 336 g/mol. The smallest absolute Gasteiger partial charge is 0.169 e. The summed E-state index contributed by atoms with van der Waals surface area (Å²) in [4.78, 5) is 0. The monoisotopic (exact) mass is 334 g/mol. The highest BCUT2D eigenvalue weighted by Crippen LogP contribution is 2.35. The molecule has 2 nitrogen and oxygen atoms in total. The molecule has 5 heteroatoms.